The van der Waals surface area contributed by atoms with Gasteiger partial charge < -0.3 is 15.2 Å². The molecule has 0 saturated heterocycles. The number of carbonyl (C=O) groups is 1. The van der Waals surface area contributed by atoms with E-state index in [0.29, 0.717) is 16.5 Å². The zero-order valence-electron chi connectivity index (χ0n) is 15.5. The maximum atomic E-state index is 12.1. The minimum Gasteiger partial charge on any atom is -0.490 e. The van der Waals surface area contributed by atoms with E-state index >= 15 is 0 Å². The Balaban J connectivity index is 1.77. The van der Waals surface area contributed by atoms with Crippen LogP contribution in [0, 0.1) is 11.3 Å². The average Bonchev–Trinajstić information content (AvgIpc) is 2.74. The van der Waals surface area contributed by atoms with Crippen molar-refractivity contribution in [2.75, 3.05) is 18.1 Å². The van der Waals surface area contributed by atoms with Gasteiger partial charge in [0.25, 0.3) is 0 Å². The molecule has 0 atom stereocenters. The van der Waals surface area contributed by atoms with Crippen molar-refractivity contribution in [2.24, 2.45) is 5.73 Å². The SMILES string of the molecule is N#Cc1cnc(N(C(N)=O)c2cc(Cl)ccc2OCCOc2ccc(Br)cc2)cn1. The number of nitrogens with zero attached hydrogens (tertiary/aromatic N) is 4. The smallest absolute Gasteiger partial charge is 0.325 e. The van der Waals surface area contributed by atoms with Crippen LogP contribution in [0.2, 0.25) is 5.02 Å². The normalized spacial score (nSPS) is 10.2. The van der Waals surface area contributed by atoms with Gasteiger partial charge in [0.15, 0.2) is 11.5 Å². The van der Waals surface area contributed by atoms with Crippen molar-refractivity contribution in [3.05, 3.63) is 70.0 Å². The molecule has 2 N–H and O–H groups in total. The molecule has 0 fully saturated rings. The first-order valence-electron chi connectivity index (χ1n) is 8.60. The van der Waals surface area contributed by atoms with Crippen LogP contribution in [0.5, 0.6) is 11.5 Å². The Kier molecular flexibility index (Phi) is 7.06. The predicted molar refractivity (Wildman–Crippen MR) is 115 cm³/mol. The molecule has 2 aromatic carbocycles. The summed E-state index contributed by atoms with van der Waals surface area (Å²) >= 11 is 9.48. The summed E-state index contributed by atoms with van der Waals surface area (Å²) in [5.74, 6) is 1.17. The molecule has 3 aromatic rings. The molecular weight excluding hydrogens is 474 g/mol. The van der Waals surface area contributed by atoms with Gasteiger partial charge in [-0.3, -0.25) is 0 Å². The fraction of sp³-hybridized carbons (Fsp3) is 0.100. The van der Waals surface area contributed by atoms with E-state index in [1.54, 1.807) is 12.1 Å². The summed E-state index contributed by atoms with van der Waals surface area (Å²) in [5, 5.41) is 9.25. The second kappa shape index (κ2) is 9.91. The highest BCUT2D eigenvalue weighted by molar-refractivity contribution is 9.10. The number of urea groups is 1. The predicted octanol–water partition coefficient (Wildman–Crippen LogP) is 4.44. The van der Waals surface area contributed by atoms with Crippen LogP contribution in [0.15, 0.2) is 59.3 Å². The lowest BCUT2D eigenvalue weighted by Gasteiger charge is -2.22. The molecule has 0 saturated carbocycles. The molecule has 30 heavy (non-hydrogen) atoms. The second-order valence-corrected chi connectivity index (χ2v) is 7.16. The number of primary amides is 1. The van der Waals surface area contributed by atoms with Crippen molar-refractivity contribution in [1.82, 2.24) is 9.97 Å². The monoisotopic (exact) mass is 487 g/mol. The third-order valence-corrected chi connectivity index (χ3v) is 4.55. The summed E-state index contributed by atoms with van der Waals surface area (Å²) in [5.41, 5.74) is 5.96. The van der Waals surface area contributed by atoms with Crippen molar-refractivity contribution in [1.29, 1.82) is 5.26 Å². The number of ether oxygens (including phenoxy) is 2. The number of benzene rings is 2. The molecule has 0 aliphatic carbocycles. The van der Waals surface area contributed by atoms with Gasteiger partial charge >= 0.3 is 6.03 Å². The van der Waals surface area contributed by atoms with Crippen LogP contribution in [0.3, 0.4) is 0 Å². The number of halogens is 2. The van der Waals surface area contributed by atoms with Gasteiger partial charge in [0.1, 0.15) is 30.8 Å². The second-order valence-electron chi connectivity index (χ2n) is 5.81. The van der Waals surface area contributed by atoms with Gasteiger partial charge in [-0.15, -0.1) is 0 Å². The Morgan fingerprint density at radius 3 is 2.50 bits per heavy atom. The number of amides is 2. The van der Waals surface area contributed by atoms with E-state index in [9.17, 15) is 4.79 Å². The third kappa shape index (κ3) is 5.37. The number of rotatable bonds is 7. The highest BCUT2D eigenvalue weighted by atomic mass is 79.9. The Morgan fingerprint density at radius 2 is 1.87 bits per heavy atom. The summed E-state index contributed by atoms with van der Waals surface area (Å²) in [6, 6.07) is 13.2. The van der Waals surface area contributed by atoms with E-state index in [-0.39, 0.29) is 30.4 Å². The van der Waals surface area contributed by atoms with Crippen LogP contribution in [0.1, 0.15) is 5.69 Å². The third-order valence-electron chi connectivity index (χ3n) is 3.79. The van der Waals surface area contributed by atoms with Gasteiger partial charge in [0.05, 0.1) is 18.1 Å². The summed E-state index contributed by atoms with van der Waals surface area (Å²) in [4.78, 5) is 21.2. The van der Waals surface area contributed by atoms with Gasteiger partial charge in [-0.25, -0.2) is 19.7 Å². The van der Waals surface area contributed by atoms with Gasteiger partial charge in [-0.05, 0) is 42.5 Å². The van der Waals surface area contributed by atoms with Crippen LogP contribution < -0.4 is 20.1 Å². The zero-order valence-corrected chi connectivity index (χ0v) is 17.8. The lowest BCUT2D eigenvalue weighted by molar-refractivity contribution is 0.217. The highest BCUT2D eigenvalue weighted by Crippen LogP contribution is 2.35. The quantitative estimate of drug-likeness (QED) is 0.492. The van der Waals surface area contributed by atoms with Crippen LogP contribution in [0.25, 0.3) is 0 Å². The molecule has 10 heteroatoms. The highest BCUT2D eigenvalue weighted by Gasteiger charge is 2.21. The van der Waals surface area contributed by atoms with Crippen molar-refractivity contribution in [2.45, 2.75) is 0 Å². The first-order chi connectivity index (χ1) is 14.5. The maximum Gasteiger partial charge on any atom is 0.325 e. The molecular formula is C20H15BrClN5O3. The Morgan fingerprint density at radius 1 is 1.13 bits per heavy atom. The first-order valence-corrected chi connectivity index (χ1v) is 9.77. The summed E-state index contributed by atoms with van der Waals surface area (Å²) in [7, 11) is 0. The Hall–Kier alpha value is -3.35. The molecule has 0 radical (unpaired) electrons. The molecule has 3 rings (SSSR count). The number of nitrogens with two attached hydrogens (primary N) is 1. The van der Waals surface area contributed by atoms with E-state index in [4.69, 9.17) is 32.1 Å². The van der Waals surface area contributed by atoms with Crippen LogP contribution in [-0.4, -0.2) is 29.2 Å². The van der Waals surface area contributed by atoms with Gasteiger partial charge in [-0.2, -0.15) is 5.26 Å². The Labute approximate surface area is 185 Å². The topological polar surface area (TPSA) is 114 Å². The maximum absolute atomic E-state index is 12.1. The standard InChI is InChI=1S/C20H15BrClN5O3/c21-13-1-4-16(5-2-13)29-7-8-30-18-6-3-14(22)9-17(18)27(20(24)28)19-12-25-15(10-23)11-26-19/h1-6,9,11-12H,7-8H2,(H2,24,28). The van der Waals surface area contributed by atoms with Gasteiger partial charge in [0.2, 0.25) is 0 Å². The molecule has 0 spiro atoms. The lowest BCUT2D eigenvalue weighted by Crippen LogP contribution is -2.32. The van der Waals surface area contributed by atoms with Crippen LogP contribution in [-0.2, 0) is 0 Å². The van der Waals surface area contributed by atoms with Crippen LogP contribution >= 0.6 is 27.5 Å². The van der Waals surface area contributed by atoms with Crippen molar-refractivity contribution < 1.29 is 14.3 Å². The molecule has 0 aliphatic rings. The largest absolute Gasteiger partial charge is 0.490 e. The fourth-order valence-corrected chi connectivity index (χ4v) is 2.91. The molecule has 8 nitrogen and oxygen atoms in total. The number of anilines is 2. The summed E-state index contributed by atoms with van der Waals surface area (Å²) in [6.45, 7) is 0.479. The first kappa shape index (κ1) is 21.4. The molecule has 1 aromatic heterocycles. The van der Waals surface area contributed by atoms with E-state index < -0.39 is 6.03 Å². The number of hydrogen-bond acceptors (Lipinski definition) is 6. The lowest BCUT2D eigenvalue weighted by atomic mass is 10.2. The van der Waals surface area contributed by atoms with Crippen molar-refractivity contribution >= 4 is 45.1 Å². The molecule has 2 amide bonds. The van der Waals surface area contributed by atoms with Crippen molar-refractivity contribution in [3.8, 4) is 17.6 Å². The number of hydrogen-bond donors (Lipinski definition) is 1. The average molecular weight is 489 g/mol. The minimum absolute atomic E-state index is 0.107. The molecule has 0 aliphatic heterocycles. The molecule has 0 bridgehead atoms. The Bertz CT molecular complexity index is 1070. The van der Waals surface area contributed by atoms with Gasteiger partial charge in [-0.1, -0.05) is 27.5 Å². The van der Waals surface area contributed by atoms with Gasteiger partial charge in [0, 0.05) is 9.50 Å². The number of aromatic nitrogens is 2. The van der Waals surface area contributed by atoms with E-state index in [1.807, 2.05) is 30.3 Å². The zero-order chi connectivity index (χ0) is 21.5. The molecule has 0 unspecified atom stereocenters. The van der Waals surface area contributed by atoms with E-state index in [2.05, 4.69) is 25.9 Å². The van der Waals surface area contributed by atoms with E-state index in [1.165, 1.54) is 18.5 Å². The number of nitriles is 1. The summed E-state index contributed by atoms with van der Waals surface area (Å²) < 4.78 is 12.4. The molecule has 152 valence electrons. The van der Waals surface area contributed by atoms with Crippen LogP contribution in [0.4, 0.5) is 16.3 Å². The fourth-order valence-electron chi connectivity index (χ4n) is 2.48. The van der Waals surface area contributed by atoms with E-state index in [0.717, 1.165) is 9.37 Å². The number of carbonyl (C=O) groups excluding carboxylic acids is 1. The molecule has 1 heterocycles. The minimum atomic E-state index is -0.813. The summed E-state index contributed by atoms with van der Waals surface area (Å²) in [6.07, 6.45) is 2.51. The van der Waals surface area contributed by atoms with Crippen molar-refractivity contribution in [3.63, 3.8) is 0 Å².